The number of carbonyl (C=O) groups is 1. The van der Waals surface area contributed by atoms with Gasteiger partial charge in [-0.15, -0.1) is 13.2 Å². The molecule has 0 radical (unpaired) electrons. The first-order chi connectivity index (χ1) is 11.8. The molecule has 0 heterocycles. The number of benzene rings is 1. The van der Waals surface area contributed by atoms with Gasteiger partial charge in [0.05, 0.1) is 11.6 Å². The molecule has 0 bridgehead atoms. The van der Waals surface area contributed by atoms with Crippen molar-refractivity contribution in [3.05, 3.63) is 29.8 Å². The lowest BCUT2D eigenvalue weighted by Gasteiger charge is -2.36. The summed E-state index contributed by atoms with van der Waals surface area (Å²) in [7, 11) is 0. The van der Waals surface area contributed by atoms with Gasteiger partial charge in [-0.05, 0) is 51.3 Å². The maximum Gasteiger partial charge on any atom is 0.573 e. The van der Waals surface area contributed by atoms with Crippen molar-refractivity contribution in [3.63, 3.8) is 0 Å². The molecule has 0 fully saturated rings. The minimum atomic E-state index is -4.79. The Balaban J connectivity index is 3.11. The lowest BCUT2D eigenvalue weighted by atomic mass is 9.84. The molecule has 2 N–H and O–H groups in total. The summed E-state index contributed by atoms with van der Waals surface area (Å²) < 4.78 is 46.0. The maximum absolute atomic E-state index is 12.3. The van der Waals surface area contributed by atoms with E-state index < -0.39 is 29.7 Å². The zero-order valence-corrected chi connectivity index (χ0v) is 15.6. The summed E-state index contributed by atoms with van der Waals surface area (Å²) in [5, 5.41) is 13.5. The highest BCUT2D eigenvalue weighted by molar-refractivity contribution is 5.68. The van der Waals surface area contributed by atoms with E-state index in [0.29, 0.717) is 18.4 Å². The van der Waals surface area contributed by atoms with Crippen LogP contribution < -0.4 is 10.1 Å². The van der Waals surface area contributed by atoms with Crippen LogP contribution in [0.2, 0.25) is 0 Å². The van der Waals surface area contributed by atoms with E-state index in [0.717, 1.165) is 12.1 Å². The fraction of sp³-hybridized carbons (Fsp3) is 0.611. The highest BCUT2D eigenvalue weighted by Crippen LogP contribution is 2.33. The molecule has 1 aromatic carbocycles. The largest absolute Gasteiger partial charge is 0.573 e. The van der Waals surface area contributed by atoms with Gasteiger partial charge in [-0.25, -0.2) is 4.79 Å². The number of alkyl carbamates (subject to hydrolysis) is 1. The summed E-state index contributed by atoms with van der Waals surface area (Å²) in [4.78, 5) is 12.2. The second-order valence-corrected chi connectivity index (χ2v) is 7.01. The molecule has 26 heavy (non-hydrogen) atoms. The Morgan fingerprint density at radius 2 is 1.62 bits per heavy atom. The molecular weight excluding hydrogens is 351 g/mol. The molecule has 0 saturated heterocycles. The van der Waals surface area contributed by atoms with Crippen LogP contribution in [0.25, 0.3) is 0 Å². The summed E-state index contributed by atoms with van der Waals surface area (Å²) in [6, 6.07) is 4.17. The van der Waals surface area contributed by atoms with Gasteiger partial charge in [0.25, 0.3) is 0 Å². The number of hydrogen-bond acceptors (Lipinski definition) is 4. The number of nitrogens with one attached hydrogen (secondary N) is 1. The van der Waals surface area contributed by atoms with E-state index in [1.165, 1.54) is 12.1 Å². The Hall–Kier alpha value is -1.96. The van der Waals surface area contributed by atoms with Crippen LogP contribution in [0.3, 0.4) is 0 Å². The van der Waals surface area contributed by atoms with Crippen LogP contribution in [-0.2, 0) is 4.74 Å². The summed E-state index contributed by atoms with van der Waals surface area (Å²) in [6.07, 6.45) is -4.86. The molecule has 1 atom stereocenters. The number of amides is 1. The normalized spacial score (nSPS) is 13.9. The average Bonchev–Trinajstić information content (AvgIpc) is 2.49. The fourth-order valence-electron chi connectivity index (χ4n) is 2.47. The highest BCUT2D eigenvalue weighted by atomic mass is 19.4. The smallest absolute Gasteiger partial charge is 0.444 e. The van der Waals surface area contributed by atoms with Crippen LogP contribution in [0.4, 0.5) is 18.0 Å². The topological polar surface area (TPSA) is 67.8 Å². The molecule has 1 aromatic rings. The van der Waals surface area contributed by atoms with Gasteiger partial charge < -0.3 is 19.9 Å². The first-order valence-corrected chi connectivity index (χ1v) is 8.37. The zero-order valence-electron chi connectivity index (χ0n) is 15.6. The summed E-state index contributed by atoms with van der Waals surface area (Å²) in [5.74, 6) is -0.381. The van der Waals surface area contributed by atoms with Crippen molar-refractivity contribution in [1.82, 2.24) is 5.32 Å². The number of rotatable bonds is 6. The van der Waals surface area contributed by atoms with Gasteiger partial charge in [0.1, 0.15) is 11.4 Å². The van der Waals surface area contributed by atoms with Crippen molar-refractivity contribution >= 4 is 6.09 Å². The van der Waals surface area contributed by atoms with Crippen molar-refractivity contribution in [2.45, 2.75) is 71.1 Å². The molecule has 1 amide bonds. The van der Waals surface area contributed by atoms with E-state index in [1.54, 1.807) is 34.6 Å². The fourth-order valence-corrected chi connectivity index (χ4v) is 2.47. The first-order valence-electron chi connectivity index (χ1n) is 8.37. The molecule has 0 aliphatic heterocycles. The third-order valence-electron chi connectivity index (χ3n) is 3.87. The van der Waals surface area contributed by atoms with Gasteiger partial charge in [0.15, 0.2) is 0 Å². The summed E-state index contributed by atoms with van der Waals surface area (Å²) in [6.45, 7) is 8.63. The molecule has 0 aliphatic rings. The van der Waals surface area contributed by atoms with Gasteiger partial charge in [0, 0.05) is 0 Å². The van der Waals surface area contributed by atoms with Crippen molar-refractivity contribution < 1.29 is 32.5 Å². The molecule has 0 aromatic heterocycles. The summed E-state index contributed by atoms with van der Waals surface area (Å²) >= 11 is 0. The average molecular weight is 377 g/mol. The maximum atomic E-state index is 12.3. The van der Waals surface area contributed by atoms with E-state index in [1.807, 2.05) is 0 Å². The molecular formula is C18H26F3NO4. The van der Waals surface area contributed by atoms with Crippen LogP contribution in [0.15, 0.2) is 24.3 Å². The third kappa shape index (κ3) is 6.74. The van der Waals surface area contributed by atoms with E-state index in [4.69, 9.17) is 4.74 Å². The highest BCUT2D eigenvalue weighted by Gasteiger charge is 2.37. The Morgan fingerprint density at radius 3 is 2.00 bits per heavy atom. The predicted molar refractivity (Wildman–Crippen MR) is 90.8 cm³/mol. The number of alkyl halides is 3. The monoisotopic (exact) mass is 377 g/mol. The first kappa shape index (κ1) is 22.1. The minimum Gasteiger partial charge on any atom is -0.444 e. The number of halogens is 3. The predicted octanol–water partition coefficient (Wildman–Crippen LogP) is 4.70. The SMILES string of the molecule is CCC(O)(CC)C(NC(=O)OC(C)(C)C)c1ccc(OC(F)(F)F)cc1. The lowest BCUT2D eigenvalue weighted by Crippen LogP contribution is -2.46. The molecule has 1 rings (SSSR count). The Morgan fingerprint density at radius 1 is 1.12 bits per heavy atom. The number of carbonyl (C=O) groups excluding carboxylic acids is 1. The van der Waals surface area contributed by atoms with Gasteiger partial charge in [-0.1, -0.05) is 26.0 Å². The number of aliphatic hydroxyl groups is 1. The van der Waals surface area contributed by atoms with Crippen molar-refractivity contribution in [1.29, 1.82) is 0 Å². The summed E-state index contributed by atoms with van der Waals surface area (Å²) in [5.41, 5.74) is -1.57. The quantitative estimate of drug-likeness (QED) is 0.754. The molecule has 8 heteroatoms. The van der Waals surface area contributed by atoms with E-state index in [9.17, 15) is 23.1 Å². The van der Waals surface area contributed by atoms with Crippen molar-refractivity contribution in [2.24, 2.45) is 0 Å². The van der Waals surface area contributed by atoms with Crippen LogP contribution in [0, 0.1) is 0 Å². The van der Waals surface area contributed by atoms with Gasteiger partial charge in [-0.2, -0.15) is 0 Å². The Kier molecular flexibility index (Phi) is 6.93. The van der Waals surface area contributed by atoms with Crippen molar-refractivity contribution in [3.8, 4) is 5.75 Å². The Labute approximate surface area is 151 Å². The molecule has 148 valence electrons. The van der Waals surface area contributed by atoms with Crippen LogP contribution in [0.5, 0.6) is 5.75 Å². The van der Waals surface area contributed by atoms with Gasteiger partial charge >= 0.3 is 12.5 Å². The second-order valence-electron chi connectivity index (χ2n) is 7.01. The lowest BCUT2D eigenvalue weighted by molar-refractivity contribution is -0.274. The molecule has 0 spiro atoms. The molecule has 0 aliphatic carbocycles. The van der Waals surface area contributed by atoms with E-state index in [-0.39, 0.29) is 5.75 Å². The van der Waals surface area contributed by atoms with Gasteiger partial charge in [-0.3, -0.25) is 0 Å². The molecule has 5 nitrogen and oxygen atoms in total. The molecule has 1 unspecified atom stereocenters. The van der Waals surface area contributed by atoms with E-state index >= 15 is 0 Å². The van der Waals surface area contributed by atoms with Crippen LogP contribution >= 0.6 is 0 Å². The van der Waals surface area contributed by atoms with E-state index in [2.05, 4.69) is 10.1 Å². The second kappa shape index (κ2) is 8.16. The zero-order chi connectivity index (χ0) is 20.2. The van der Waals surface area contributed by atoms with Crippen LogP contribution in [0.1, 0.15) is 59.1 Å². The van der Waals surface area contributed by atoms with Crippen molar-refractivity contribution in [2.75, 3.05) is 0 Å². The molecule has 0 saturated carbocycles. The Bertz CT molecular complexity index is 590. The standard InChI is InChI=1S/C18H26F3NO4/c1-6-17(24,7-2)14(22-15(23)26-16(3,4)5)12-8-10-13(11-9-12)25-18(19,20)21/h8-11,14,24H,6-7H2,1-5H3,(H,22,23). The van der Waals surface area contributed by atoms with Gasteiger partial charge in [0.2, 0.25) is 0 Å². The number of ether oxygens (including phenoxy) is 2. The number of hydrogen-bond donors (Lipinski definition) is 2. The minimum absolute atomic E-state index is 0.324. The third-order valence-corrected chi connectivity index (χ3v) is 3.87. The van der Waals surface area contributed by atoms with Crippen LogP contribution in [-0.4, -0.2) is 28.8 Å².